The first-order valence-electron chi connectivity index (χ1n) is 8.09. The zero-order chi connectivity index (χ0) is 18.8. The van der Waals surface area contributed by atoms with Crippen LogP contribution in [-0.4, -0.2) is 9.97 Å². The number of nitrogens with one attached hydrogen (secondary N) is 1. The molecule has 5 nitrogen and oxygen atoms in total. The highest BCUT2D eigenvalue weighted by Gasteiger charge is 2.12. The average Bonchev–Trinajstić information content (AvgIpc) is 2.68. The van der Waals surface area contributed by atoms with E-state index in [-0.39, 0.29) is 11.6 Å². The molecule has 27 heavy (non-hydrogen) atoms. The van der Waals surface area contributed by atoms with Crippen molar-refractivity contribution < 1.29 is 4.74 Å². The molecule has 1 aromatic heterocycles. The number of hydrogen-bond donors (Lipinski definition) is 2. The van der Waals surface area contributed by atoms with Crippen molar-refractivity contribution in [3.63, 3.8) is 0 Å². The SMILES string of the molecule is Nc1c(Nc2cc(Cl)ccc2Cl)ncnc1Oc1ccc2ccccc2c1. The summed E-state index contributed by atoms with van der Waals surface area (Å²) >= 11 is 12.2. The molecule has 0 saturated heterocycles. The van der Waals surface area contributed by atoms with E-state index in [4.69, 9.17) is 33.7 Å². The van der Waals surface area contributed by atoms with Crippen molar-refractivity contribution in [1.82, 2.24) is 9.97 Å². The molecular weight excluding hydrogens is 383 g/mol. The number of aromatic nitrogens is 2. The molecule has 0 unspecified atom stereocenters. The largest absolute Gasteiger partial charge is 0.437 e. The van der Waals surface area contributed by atoms with Gasteiger partial charge in [0.1, 0.15) is 17.8 Å². The van der Waals surface area contributed by atoms with Gasteiger partial charge >= 0.3 is 0 Å². The zero-order valence-corrected chi connectivity index (χ0v) is 15.5. The summed E-state index contributed by atoms with van der Waals surface area (Å²) in [4.78, 5) is 8.31. The third kappa shape index (κ3) is 3.74. The number of nitrogen functional groups attached to an aromatic ring is 1. The van der Waals surface area contributed by atoms with Crippen LogP contribution in [0.1, 0.15) is 0 Å². The molecule has 3 aromatic carbocycles. The molecule has 0 aliphatic heterocycles. The minimum atomic E-state index is 0.251. The molecule has 4 aromatic rings. The molecule has 0 bridgehead atoms. The Hall–Kier alpha value is -3.02. The van der Waals surface area contributed by atoms with Gasteiger partial charge in [0.15, 0.2) is 5.82 Å². The molecule has 0 fully saturated rings. The molecule has 0 aliphatic carbocycles. The maximum Gasteiger partial charge on any atom is 0.248 e. The number of anilines is 3. The Kier molecular flexibility index (Phi) is 4.71. The Bertz CT molecular complexity index is 1130. The molecule has 0 aliphatic rings. The lowest BCUT2D eigenvalue weighted by atomic mass is 10.1. The van der Waals surface area contributed by atoms with Crippen molar-refractivity contribution in [2.45, 2.75) is 0 Å². The molecule has 1 heterocycles. The fraction of sp³-hybridized carbons (Fsp3) is 0. The first kappa shape index (κ1) is 17.4. The summed E-state index contributed by atoms with van der Waals surface area (Å²) in [5, 5.41) is 6.29. The second-order valence-electron chi connectivity index (χ2n) is 5.80. The molecule has 0 spiro atoms. The Morgan fingerprint density at radius 3 is 2.56 bits per heavy atom. The number of halogens is 2. The highest BCUT2D eigenvalue weighted by Crippen LogP contribution is 2.34. The first-order chi connectivity index (χ1) is 13.1. The van der Waals surface area contributed by atoms with E-state index in [0.29, 0.717) is 27.3 Å². The Labute approximate surface area is 165 Å². The van der Waals surface area contributed by atoms with E-state index < -0.39 is 0 Å². The number of nitrogens with zero attached hydrogens (tertiary/aromatic N) is 2. The normalized spacial score (nSPS) is 10.7. The van der Waals surface area contributed by atoms with E-state index in [1.54, 1.807) is 18.2 Å². The highest BCUT2D eigenvalue weighted by molar-refractivity contribution is 6.35. The second kappa shape index (κ2) is 7.31. The summed E-state index contributed by atoms with van der Waals surface area (Å²) in [5.41, 5.74) is 7.05. The van der Waals surface area contributed by atoms with Crippen LogP contribution in [-0.2, 0) is 0 Å². The van der Waals surface area contributed by atoms with Crippen LogP contribution in [0.15, 0.2) is 67.0 Å². The molecule has 0 atom stereocenters. The lowest BCUT2D eigenvalue weighted by molar-refractivity contribution is 0.465. The van der Waals surface area contributed by atoms with Crippen LogP contribution in [0.5, 0.6) is 11.6 Å². The summed E-state index contributed by atoms with van der Waals surface area (Å²) < 4.78 is 5.87. The fourth-order valence-electron chi connectivity index (χ4n) is 2.62. The van der Waals surface area contributed by atoms with Gasteiger partial charge < -0.3 is 15.8 Å². The van der Waals surface area contributed by atoms with Gasteiger partial charge in [0, 0.05) is 5.02 Å². The van der Waals surface area contributed by atoms with Crippen LogP contribution in [0.3, 0.4) is 0 Å². The smallest absolute Gasteiger partial charge is 0.248 e. The van der Waals surface area contributed by atoms with Crippen molar-refractivity contribution in [2.24, 2.45) is 0 Å². The van der Waals surface area contributed by atoms with Crippen LogP contribution in [0.2, 0.25) is 10.0 Å². The van der Waals surface area contributed by atoms with Crippen LogP contribution >= 0.6 is 23.2 Å². The number of fused-ring (bicyclic) bond motifs is 1. The van der Waals surface area contributed by atoms with Crippen LogP contribution in [0.4, 0.5) is 17.2 Å². The lowest BCUT2D eigenvalue weighted by Gasteiger charge is -2.13. The van der Waals surface area contributed by atoms with Gasteiger partial charge in [0.2, 0.25) is 5.88 Å². The summed E-state index contributed by atoms with van der Waals surface area (Å²) in [5.74, 6) is 1.26. The molecule has 0 saturated carbocycles. The Balaban J connectivity index is 1.64. The first-order valence-corrected chi connectivity index (χ1v) is 8.85. The number of benzene rings is 3. The lowest BCUT2D eigenvalue weighted by Crippen LogP contribution is -2.03. The van der Waals surface area contributed by atoms with Gasteiger partial charge in [-0.3, -0.25) is 0 Å². The summed E-state index contributed by atoms with van der Waals surface area (Å²) in [6.45, 7) is 0. The molecule has 7 heteroatoms. The van der Waals surface area contributed by atoms with E-state index in [1.807, 2.05) is 42.5 Å². The van der Waals surface area contributed by atoms with Crippen LogP contribution in [0.25, 0.3) is 10.8 Å². The molecule has 134 valence electrons. The van der Waals surface area contributed by atoms with Crippen LogP contribution < -0.4 is 15.8 Å². The van der Waals surface area contributed by atoms with Crippen molar-refractivity contribution in [1.29, 1.82) is 0 Å². The third-order valence-corrected chi connectivity index (χ3v) is 4.53. The number of rotatable bonds is 4. The average molecular weight is 397 g/mol. The quantitative estimate of drug-likeness (QED) is 0.438. The van der Waals surface area contributed by atoms with Gasteiger partial charge in [-0.2, -0.15) is 4.98 Å². The maximum atomic E-state index is 6.19. The zero-order valence-electron chi connectivity index (χ0n) is 14.0. The highest BCUT2D eigenvalue weighted by atomic mass is 35.5. The number of ether oxygens (including phenoxy) is 1. The van der Waals surface area contributed by atoms with Crippen molar-refractivity contribution in [3.05, 3.63) is 77.0 Å². The molecule has 3 N–H and O–H groups in total. The molecule has 0 amide bonds. The van der Waals surface area contributed by atoms with E-state index in [2.05, 4.69) is 15.3 Å². The topological polar surface area (TPSA) is 73.1 Å². The Morgan fingerprint density at radius 2 is 1.70 bits per heavy atom. The fourth-order valence-corrected chi connectivity index (χ4v) is 2.96. The van der Waals surface area contributed by atoms with E-state index in [9.17, 15) is 0 Å². The molecule has 0 radical (unpaired) electrons. The Morgan fingerprint density at radius 1 is 0.889 bits per heavy atom. The minimum absolute atomic E-state index is 0.251. The maximum absolute atomic E-state index is 6.19. The summed E-state index contributed by atoms with van der Waals surface area (Å²) in [6.07, 6.45) is 1.37. The third-order valence-electron chi connectivity index (χ3n) is 3.96. The van der Waals surface area contributed by atoms with Gasteiger partial charge in [-0.05, 0) is 41.1 Å². The monoisotopic (exact) mass is 396 g/mol. The van der Waals surface area contributed by atoms with Gasteiger partial charge in [0.25, 0.3) is 0 Å². The van der Waals surface area contributed by atoms with E-state index in [0.717, 1.165) is 10.8 Å². The number of hydrogen-bond acceptors (Lipinski definition) is 5. The van der Waals surface area contributed by atoms with E-state index >= 15 is 0 Å². The van der Waals surface area contributed by atoms with Crippen molar-refractivity contribution in [3.8, 4) is 11.6 Å². The van der Waals surface area contributed by atoms with Crippen LogP contribution in [0, 0.1) is 0 Å². The molecular formula is C20H14Cl2N4O. The van der Waals surface area contributed by atoms with Gasteiger partial charge in [0.05, 0.1) is 10.7 Å². The summed E-state index contributed by atoms with van der Waals surface area (Å²) in [6, 6.07) is 18.9. The van der Waals surface area contributed by atoms with Gasteiger partial charge in [-0.25, -0.2) is 4.98 Å². The molecule has 4 rings (SSSR count). The standard InChI is InChI=1S/C20H14Cl2N4O/c21-14-6-8-16(22)17(10-14)26-19-18(23)20(25-11-24-19)27-15-7-5-12-3-1-2-4-13(12)9-15/h1-11H,23H2,(H,24,25,26). The predicted octanol–water partition coefficient (Wildman–Crippen LogP) is 6.05. The second-order valence-corrected chi connectivity index (χ2v) is 6.64. The van der Waals surface area contributed by atoms with Gasteiger partial charge in [-0.1, -0.05) is 53.5 Å². The summed E-state index contributed by atoms with van der Waals surface area (Å²) in [7, 11) is 0. The minimum Gasteiger partial charge on any atom is -0.437 e. The number of nitrogens with two attached hydrogens (primary N) is 1. The van der Waals surface area contributed by atoms with E-state index in [1.165, 1.54) is 6.33 Å². The predicted molar refractivity (Wildman–Crippen MR) is 110 cm³/mol. The van der Waals surface area contributed by atoms with Crippen molar-refractivity contribution >= 4 is 51.2 Å². The van der Waals surface area contributed by atoms with Gasteiger partial charge in [-0.15, -0.1) is 0 Å². The van der Waals surface area contributed by atoms with Crippen molar-refractivity contribution in [2.75, 3.05) is 11.1 Å².